The molecule has 2 aliphatic rings. The molecule has 17 heavy (non-hydrogen) atoms. The Morgan fingerprint density at radius 2 is 1.53 bits per heavy atom. The maximum Gasteiger partial charge on any atom is 0.0121 e. The zero-order valence-electron chi connectivity index (χ0n) is 11.9. The van der Waals surface area contributed by atoms with Crippen LogP contribution in [0.25, 0.3) is 0 Å². The molecule has 2 aliphatic heterocycles. The van der Waals surface area contributed by atoms with Crippen LogP contribution in [0.1, 0.15) is 33.6 Å². The van der Waals surface area contributed by atoms with Gasteiger partial charge in [-0.15, -0.1) is 0 Å². The third-order valence-corrected chi connectivity index (χ3v) is 4.60. The predicted octanol–water partition coefficient (Wildman–Crippen LogP) is 1.50. The molecule has 2 rings (SSSR count). The minimum atomic E-state index is 0.721. The lowest BCUT2D eigenvalue weighted by molar-refractivity contribution is 0.0495. The van der Waals surface area contributed by atoms with E-state index in [1.165, 1.54) is 58.7 Å². The Hall–Kier alpha value is -0.120. The van der Waals surface area contributed by atoms with E-state index in [4.69, 9.17) is 0 Å². The molecule has 3 heteroatoms. The molecule has 0 bridgehead atoms. The second kappa shape index (κ2) is 6.17. The summed E-state index contributed by atoms with van der Waals surface area (Å²) in [6, 6.07) is 1.59. The lowest BCUT2D eigenvalue weighted by Crippen LogP contribution is -2.54. The molecule has 0 aliphatic carbocycles. The number of rotatable bonds is 3. The highest BCUT2D eigenvalue weighted by molar-refractivity contribution is 4.83. The van der Waals surface area contributed by atoms with Gasteiger partial charge in [-0.1, -0.05) is 6.92 Å². The molecule has 2 fully saturated rings. The van der Waals surface area contributed by atoms with Gasteiger partial charge in [0.2, 0.25) is 0 Å². The minimum Gasteiger partial charge on any atom is -0.303 e. The van der Waals surface area contributed by atoms with Crippen molar-refractivity contribution < 1.29 is 0 Å². The van der Waals surface area contributed by atoms with Crippen molar-refractivity contribution in [3.8, 4) is 0 Å². The molecular formula is C14H29N3. The van der Waals surface area contributed by atoms with Crippen molar-refractivity contribution in [1.29, 1.82) is 0 Å². The van der Waals surface area contributed by atoms with E-state index < -0.39 is 0 Å². The Morgan fingerprint density at radius 3 is 2.00 bits per heavy atom. The number of hydrogen-bond donors (Lipinski definition) is 0. The third kappa shape index (κ3) is 3.43. The molecule has 100 valence electrons. The van der Waals surface area contributed by atoms with Crippen molar-refractivity contribution >= 4 is 0 Å². The van der Waals surface area contributed by atoms with E-state index in [0.717, 1.165) is 12.1 Å². The largest absolute Gasteiger partial charge is 0.303 e. The third-order valence-electron chi connectivity index (χ3n) is 4.60. The van der Waals surface area contributed by atoms with Gasteiger partial charge in [-0.25, -0.2) is 0 Å². The molecule has 0 spiro atoms. The molecule has 0 saturated carbocycles. The number of piperidine rings is 1. The van der Waals surface area contributed by atoms with E-state index >= 15 is 0 Å². The van der Waals surface area contributed by atoms with Crippen LogP contribution < -0.4 is 0 Å². The highest BCUT2D eigenvalue weighted by Crippen LogP contribution is 2.18. The summed E-state index contributed by atoms with van der Waals surface area (Å²) in [5.41, 5.74) is 0. The predicted molar refractivity (Wildman–Crippen MR) is 73.4 cm³/mol. The van der Waals surface area contributed by atoms with Gasteiger partial charge in [0.05, 0.1) is 0 Å². The molecule has 0 N–H and O–H groups in total. The molecule has 0 aromatic rings. The van der Waals surface area contributed by atoms with Crippen LogP contribution in [0.15, 0.2) is 0 Å². The van der Waals surface area contributed by atoms with Gasteiger partial charge >= 0.3 is 0 Å². The molecular weight excluding hydrogens is 210 g/mol. The van der Waals surface area contributed by atoms with Crippen molar-refractivity contribution in [3.63, 3.8) is 0 Å². The number of nitrogens with zero attached hydrogens (tertiary/aromatic N) is 3. The molecule has 0 amide bonds. The fraction of sp³-hybridized carbons (Fsp3) is 1.00. The number of likely N-dealkylation sites (tertiary alicyclic amines) is 1. The van der Waals surface area contributed by atoms with Gasteiger partial charge in [-0.05, 0) is 46.3 Å². The summed E-state index contributed by atoms with van der Waals surface area (Å²) in [5, 5.41) is 0. The molecule has 0 unspecified atom stereocenters. The van der Waals surface area contributed by atoms with E-state index in [1.54, 1.807) is 0 Å². The minimum absolute atomic E-state index is 0.721. The second-order valence-electron chi connectivity index (χ2n) is 5.83. The summed E-state index contributed by atoms with van der Waals surface area (Å²) >= 11 is 0. The molecule has 2 saturated heterocycles. The SMILES string of the molecule is CCN1CCC(N2CCN(C(C)C)CC2)CC1. The first kappa shape index (κ1) is 13.3. The van der Waals surface area contributed by atoms with Gasteiger partial charge in [0.1, 0.15) is 0 Å². The first-order valence-electron chi connectivity index (χ1n) is 7.41. The topological polar surface area (TPSA) is 9.72 Å². The van der Waals surface area contributed by atoms with E-state index in [9.17, 15) is 0 Å². The Balaban J connectivity index is 1.74. The average molecular weight is 239 g/mol. The lowest BCUT2D eigenvalue weighted by Gasteiger charge is -2.43. The van der Waals surface area contributed by atoms with Crippen molar-refractivity contribution in [1.82, 2.24) is 14.7 Å². The maximum absolute atomic E-state index is 2.74. The standard InChI is InChI=1S/C14H29N3/c1-4-15-7-5-14(6-8-15)17-11-9-16(10-12-17)13(2)3/h13-14H,4-12H2,1-3H3. The average Bonchev–Trinajstić information content (AvgIpc) is 2.39. The highest BCUT2D eigenvalue weighted by Gasteiger charge is 2.27. The summed E-state index contributed by atoms with van der Waals surface area (Å²) in [6.45, 7) is 15.9. The number of piperazine rings is 1. The Kier molecular flexibility index (Phi) is 4.83. The summed E-state index contributed by atoms with van der Waals surface area (Å²) in [7, 11) is 0. The fourth-order valence-electron chi connectivity index (χ4n) is 3.22. The fourth-order valence-corrected chi connectivity index (χ4v) is 3.22. The van der Waals surface area contributed by atoms with Crippen molar-refractivity contribution in [2.45, 2.75) is 45.7 Å². The van der Waals surface area contributed by atoms with E-state index in [2.05, 4.69) is 35.5 Å². The number of hydrogen-bond acceptors (Lipinski definition) is 3. The van der Waals surface area contributed by atoms with Gasteiger partial charge in [0.15, 0.2) is 0 Å². The Bertz CT molecular complexity index is 214. The second-order valence-corrected chi connectivity index (χ2v) is 5.83. The molecule has 0 atom stereocenters. The first-order chi connectivity index (χ1) is 8.20. The zero-order valence-corrected chi connectivity index (χ0v) is 11.9. The van der Waals surface area contributed by atoms with E-state index in [-0.39, 0.29) is 0 Å². The van der Waals surface area contributed by atoms with Crippen molar-refractivity contribution in [3.05, 3.63) is 0 Å². The molecule has 0 aromatic carbocycles. The quantitative estimate of drug-likeness (QED) is 0.739. The van der Waals surface area contributed by atoms with Crippen molar-refractivity contribution in [2.75, 3.05) is 45.8 Å². The molecule has 0 radical (unpaired) electrons. The van der Waals surface area contributed by atoms with E-state index in [0.29, 0.717) is 0 Å². The zero-order chi connectivity index (χ0) is 12.3. The molecule has 3 nitrogen and oxygen atoms in total. The van der Waals surface area contributed by atoms with Gasteiger partial charge in [0, 0.05) is 38.3 Å². The molecule has 0 aromatic heterocycles. The lowest BCUT2D eigenvalue weighted by atomic mass is 10.0. The summed E-state index contributed by atoms with van der Waals surface area (Å²) < 4.78 is 0. The van der Waals surface area contributed by atoms with Gasteiger partial charge < -0.3 is 4.90 Å². The Morgan fingerprint density at radius 1 is 0.941 bits per heavy atom. The maximum atomic E-state index is 2.74. The summed E-state index contributed by atoms with van der Waals surface area (Å²) in [6.07, 6.45) is 2.77. The van der Waals surface area contributed by atoms with Gasteiger partial charge in [-0.3, -0.25) is 9.80 Å². The van der Waals surface area contributed by atoms with Crippen LogP contribution in [0.5, 0.6) is 0 Å². The summed E-state index contributed by atoms with van der Waals surface area (Å²) in [5.74, 6) is 0. The van der Waals surface area contributed by atoms with Gasteiger partial charge in [0.25, 0.3) is 0 Å². The van der Waals surface area contributed by atoms with Crippen LogP contribution in [-0.4, -0.2) is 72.6 Å². The normalized spacial score (nSPS) is 26.8. The highest BCUT2D eigenvalue weighted by atomic mass is 15.3. The van der Waals surface area contributed by atoms with Crippen LogP contribution in [0.4, 0.5) is 0 Å². The van der Waals surface area contributed by atoms with Crippen LogP contribution >= 0.6 is 0 Å². The monoisotopic (exact) mass is 239 g/mol. The first-order valence-corrected chi connectivity index (χ1v) is 7.41. The summed E-state index contributed by atoms with van der Waals surface area (Å²) in [4.78, 5) is 7.93. The van der Waals surface area contributed by atoms with Gasteiger partial charge in [-0.2, -0.15) is 0 Å². The van der Waals surface area contributed by atoms with Crippen LogP contribution in [0.2, 0.25) is 0 Å². The van der Waals surface area contributed by atoms with E-state index in [1.807, 2.05) is 0 Å². The van der Waals surface area contributed by atoms with Crippen LogP contribution in [0, 0.1) is 0 Å². The van der Waals surface area contributed by atoms with Crippen LogP contribution in [-0.2, 0) is 0 Å². The smallest absolute Gasteiger partial charge is 0.0121 e. The van der Waals surface area contributed by atoms with Crippen LogP contribution in [0.3, 0.4) is 0 Å². The molecule has 2 heterocycles. The Labute approximate surface area is 107 Å². The van der Waals surface area contributed by atoms with Crippen molar-refractivity contribution in [2.24, 2.45) is 0 Å².